The zero-order chi connectivity index (χ0) is 13.7. The zero-order valence-electron chi connectivity index (χ0n) is 11.9. The molecule has 1 aliphatic carbocycles. The van der Waals surface area contributed by atoms with Gasteiger partial charge < -0.3 is 0 Å². The first-order valence-corrected chi connectivity index (χ1v) is 7.35. The van der Waals surface area contributed by atoms with Gasteiger partial charge in [0, 0.05) is 0 Å². The lowest BCUT2D eigenvalue weighted by molar-refractivity contribution is 0.443. The summed E-state index contributed by atoms with van der Waals surface area (Å²) in [7, 11) is 0. The first-order valence-electron chi connectivity index (χ1n) is 7.35. The quantitative estimate of drug-likeness (QED) is 0.622. The molecule has 0 aromatic heterocycles. The highest BCUT2D eigenvalue weighted by molar-refractivity contribution is 5.76. The molecule has 0 heterocycles. The molecule has 0 saturated heterocycles. The highest BCUT2D eigenvalue weighted by Gasteiger charge is 2.14. The van der Waals surface area contributed by atoms with Crippen LogP contribution in [0.15, 0.2) is 42.5 Å². The summed E-state index contributed by atoms with van der Waals surface area (Å²) in [6.07, 6.45) is 11.9. The number of halogens is 1. The number of hydrogen-bond donors (Lipinski definition) is 0. The van der Waals surface area contributed by atoms with E-state index in [4.69, 9.17) is 0 Å². The summed E-state index contributed by atoms with van der Waals surface area (Å²) < 4.78 is 12.9. The predicted molar refractivity (Wildman–Crippen MR) is 80.3 cm³/mol. The Morgan fingerprint density at radius 2 is 1.95 bits per heavy atom. The summed E-state index contributed by atoms with van der Waals surface area (Å²) in [5.41, 5.74) is 2.34. The second-order valence-corrected chi connectivity index (χ2v) is 5.63. The third kappa shape index (κ3) is 4.05. The molecule has 0 radical (unpaired) electrons. The zero-order valence-corrected chi connectivity index (χ0v) is 11.9. The van der Waals surface area contributed by atoms with Crippen molar-refractivity contribution in [3.8, 4) is 0 Å². The van der Waals surface area contributed by atoms with Crippen molar-refractivity contribution in [2.45, 2.75) is 39.5 Å². The molecule has 1 heteroatoms. The third-order valence-corrected chi connectivity index (χ3v) is 3.82. The normalized spacial score (nSPS) is 19.5. The van der Waals surface area contributed by atoms with Crippen molar-refractivity contribution in [3.05, 3.63) is 53.9 Å². The molecule has 0 fully saturated rings. The Morgan fingerprint density at radius 1 is 1.21 bits per heavy atom. The van der Waals surface area contributed by atoms with E-state index in [0.717, 1.165) is 11.5 Å². The van der Waals surface area contributed by atoms with Crippen LogP contribution in [0.1, 0.15) is 45.1 Å². The van der Waals surface area contributed by atoms with Crippen molar-refractivity contribution in [2.24, 2.45) is 11.8 Å². The molecule has 102 valence electrons. The van der Waals surface area contributed by atoms with Gasteiger partial charge in [0.1, 0.15) is 5.82 Å². The van der Waals surface area contributed by atoms with Gasteiger partial charge >= 0.3 is 0 Å². The predicted octanol–water partition coefficient (Wildman–Crippen LogP) is 5.61. The van der Waals surface area contributed by atoms with E-state index in [1.807, 2.05) is 12.1 Å². The number of rotatable bonds is 6. The second-order valence-electron chi connectivity index (χ2n) is 5.63. The third-order valence-electron chi connectivity index (χ3n) is 3.82. The number of unbranched alkanes of at least 4 members (excludes halogenated alkanes) is 1. The van der Waals surface area contributed by atoms with Gasteiger partial charge in [0.2, 0.25) is 0 Å². The van der Waals surface area contributed by atoms with Crippen LogP contribution >= 0.6 is 0 Å². The van der Waals surface area contributed by atoms with Crippen LogP contribution < -0.4 is 0 Å². The topological polar surface area (TPSA) is 0 Å². The molecule has 2 rings (SSSR count). The van der Waals surface area contributed by atoms with Gasteiger partial charge in [0.15, 0.2) is 0 Å². The van der Waals surface area contributed by atoms with Crippen molar-refractivity contribution < 1.29 is 4.39 Å². The molecule has 1 aromatic carbocycles. The van der Waals surface area contributed by atoms with Crippen LogP contribution in [0.3, 0.4) is 0 Å². The van der Waals surface area contributed by atoms with Crippen molar-refractivity contribution >= 4 is 5.57 Å². The maximum Gasteiger partial charge on any atom is 0.123 e. The summed E-state index contributed by atoms with van der Waals surface area (Å²) >= 11 is 0. The fourth-order valence-electron chi connectivity index (χ4n) is 2.69. The first kappa shape index (κ1) is 14.0. The number of hydrogen-bond acceptors (Lipinski definition) is 0. The Kier molecular flexibility index (Phi) is 4.95. The van der Waals surface area contributed by atoms with Gasteiger partial charge in [0.25, 0.3) is 0 Å². The Morgan fingerprint density at radius 3 is 2.63 bits per heavy atom. The van der Waals surface area contributed by atoms with Gasteiger partial charge in [-0.2, -0.15) is 0 Å². The fraction of sp³-hybridized carbons (Fsp3) is 0.444. The Hall–Kier alpha value is -1.37. The minimum Gasteiger partial charge on any atom is -0.207 e. The lowest BCUT2D eigenvalue weighted by Gasteiger charge is -2.13. The van der Waals surface area contributed by atoms with Crippen molar-refractivity contribution in [1.82, 2.24) is 0 Å². The minimum absolute atomic E-state index is 0.170. The SMILES string of the molecule is CCCCC(C)CC1C=CC(c2ccc(F)cc2)=C1. The maximum absolute atomic E-state index is 12.9. The van der Waals surface area contributed by atoms with E-state index in [1.54, 1.807) is 0 Å². The van der Waals surface area contributed by atoms with E-state index in [1.165, 1.54) is 43.4 Å². The van der Waals surface area contributed by atoms with Gasteiger partial charge in [-0.05, 0) is 41.5 Å². The van der Waals surface area contributed by atoms with Gasteiger partial charge in [-0.3, -0.25) is 0 Å². The molecule has 0 amide bonds. The highest BCUT2D eigenvalue weighted by Crippen LogP contribution is 2.30. The molecule has 0 saturated carbocycles. The van der Waals surface area contributed by atoms with Gasteiger partial charge in [-0.1, -0.05) is 63.5 Å². The summed E-state index contributed by atoms with van der Waals surface area (Å²) in [6.45, 7) is 4.59. The van der Waals surface area contributed by atoms with Crippen LogP contribution in [0.25, 0.3) is 5.57 Å². The molecule has 0 spiro atoms. The van der Waals surface area contributed by atoms with Crippen molar-refractivity contribution in [1.29, 1.82) is 0 Å². The van der Waals surface area contributed by atoms with E-state index in [-0.39, 0.29) is 5.82 Å². The second kappa shape index (κ2) is 6.70. The van der Waals surface area contributed by atoms with Crippen molar-refractivity contribution in [2.75, 3.05) is 0 Å². The number of allylic oxidation sites excluding steroid dienone is 4. The molecule has 1 aromatic rings. The van der Waals surface area contributed by atoms with Crippen LogP contribution in [0, 0.1) is 17.7 Å². The van der Waals surface area contributed by atoms with E-state index in [0.29, 0.717) is 5.92 Å². The van der Waals surface area contributed by atoms with E-state index >= 15 is 0 Å². The van der Waals surface area contributed by atoms with Gasteiger partial charge in [-0.25, -0.2) is 4.39 Å². The van der Waals surface area contributed by atoms with Gasteiger partial charge in [0.05, 0.1) is 0 Å². The first-order chi connectivity index (χ1) is 9.19. The minimum atomic E-state index is -0.170. The van der Waals surface area contributed by atoms with E-state index < -0.39 is 0 Å². The highest BCUT2D eigenvalue weighted by atomic mass is 19.1. The lowest BCUT2D eigenvalue weighted by atomic mass is 9.92. The van der Waals surface area contributed by atoms with E-state index in [2.05, 4.69) is 32.1 Å². The standard InChI is InChI=1S/C18H23F/c1-3-4-5-14(2)12-15-6-7-17(13-15)16-8-10-18(19)11-9-16/h6-11,13-15H,3-5,12H2,1-2H3. The molecule has 19 heavy (non-hydrogen) atoms. The molecule has 1 aliphatic rings. The molecule has 0 nitrogen and oxygen atoms in total. The summed E-state index contributed by atoms with van der Waals surface area (Å²) in [5.74, 6) is 1.15. The summed E-state index contributed by atoms with van der Waals surface area (Å²) in [6, 6.07) is 6.77. The smallest absolute Gasteiger partial charge is 0.123 e. The molecule has 2 unspecified atom stereocenters. The lowest BCUT2D eigenvalue weighted by Crippen LogP contribution is -2.00. The molecule has 0 N–H and O–H groups in total. The largest absolute Gasteiger partial charge is 0.207 e. The van der Waals surface area contributed by atoms with Crippen LogP contribution in [0.2, 0.25) is 0 Å². The average molecular weight is 258 g/mol. The molecular formula is C18H23F. The molecule has 0 bridgehead atoms. The average Bonchev–Trinajstić information content (AvgIpc) is 2.85. The van der Waals surface area contributed by atoms with Gasteiger partial charge in [-0.15, -0.1) is 0 Å². The van der Waals surface area contributed by atoms with Crippen LogP contribution in [-0.2, 0) is 0 Å². The molecule has 2 atom stereocenters. The number of benzene rings is 1. The van der Waals surface area contributed by atoms with E-state index in [9.17, 15) is 4.39 Å². The van der Waals surface area contributed by atoms with Crippen LogP contribution in [0.4, 0.5) is 4.39 Å². The van der Waals surface area contributed by atoms with Crippen molar-refractivity contribution in [3.63, 3.8) is 0 Å². The van der Waals surface area contributed by atoms with Crippen LogP contribution in [0.5, 0.6) is 0 Å². The van der Waals surface area contributed by atoms with Crippen LogP contribution in [-0.4, -0.2) is 0 Å². The Labute approximate surface area is 116 Å². The Balaban J connectivity index is 1.94. The maximum atomic E-state index is 12.9. The molecular weight excluding hydrogens is 235 g/mol. The summed E-state index contributed by atoms with van der Waals surface area (Å²) in [5, 5.41) is 0. The Bertz CT molecular complexity index is 453. The molecule has 0 aliphatic heterocycles. The monoisotopic (exact) mass is 258 g/mol. The summed E-state index contributed by atoms with van der Waals surface area (Å²) in [4.78, 5) is 0. The fourth-order valence-corrected chi connectivity index (χ4v) is 2.69.